The van der Waals surface area contributed by atoms with Crippen LogP contribution in [0.25, 0.3) is 0 Å². The molecule has 2 heterocycles. The number of hydrogen-bond acceptors (Lipinski definition) is 4. The fourth-order valence-corrected chi connectivity index (χ4v) is 4.88. The van der Waals surface area contributed by atoms with Crippen molar-refractivity contribution in [3.8, 4) is 0 Å². The molecule has 1 aromatic heterocycles. The smallest absolute Gasteiger partial charge is 0.258 e. The van der Waals surface area contributed by atoms with Crippen LogP contribution >= 0.6 is 11.6 Å². The fourth-order valence-electron chi connectivity index (χ4n) is 3.84. The lowest BCUT2D eigenvalue weighted by molar-refractivity contribution is 0.0996. The maximum Gasteiger partial charge on any atom is 0.258 e. The maximum absolute atomic E-state index is 12.9. The SMILES string of the molecule is CCS(=O)(=O)N[C@H]1CCCc2c1cncc2N1Cc2cc(Cl)ccc2C1=O. The lowest BCUT2D eigenvalue weighted by Crippen LogP contribution is -2.33. The van der Waals surface area contributed by atoms with E-state index in [1.165, 1.54) is 0 Å². The highest BCUT2D eigenvalue weighted by Gasteiger charge is 2.33. The Balaban J connectivity index is 1.71. The van der Waals surface area contributed by atoms with Gasteiger partial charge in [-0.05, 0) is 61.1 Å². The number of pyridine rings is 1. The van der Waals surface area contributed by atoms with E-state index in [1.54, 1.807) is 36.4 Å². The van der Waals surface area contributed by atoms with E-state index in [-0.39, 0.29) is 17.7 Å². The number of amides is 1. The van der Waals surface area contributed by atoms with Gasteiger partial charge in [0.15, 0.2) is 0 Å². The number of hydrogen-bond donors (Lipinski definition) is 1. The first-order chi connectivity index (χ1) is 12.9. The monoisotopic (exact) mass is 405 g/mol. The van der Waals surface area contributed by atoms with E-state index in [1.807, 2.05) is 6.07 Å². The van der Waals surface area contributed by atoms with E-state index in [0.717, 1.165) is 41.6 Å². The van der Waals surface area contributed by atoms with Crippen molar-refractivity contribution in [2.45, 2.75) is 38.8 Å². The van der Waals surface area contributed by atoms with Crippen molar-refractivity contribution in [1.82, 2.24) is 9.71 Å². The molecule has 4 rings (SSSR count). The van der Waals surface area contributed by atoms with Crippen LogP contribution in [-0.2, 0) is 23.0 Å². The number of carbonyl (C=O) groups excluding carboxylic acids is 1. The van der Waals surface area contributed by atoms with E-state index >= 15 is 0 Å². The summed E-state index contributed by atoms with van der Waals surface area (Å²) in [7, 11) is -3.33. The molecule has 1 aromatic carbocycles. The fraction of sp³-hybridized carbons (Fsp3) is 0.368. The molecule has 0 saturated heterocycles. The van der Waals surface area contributed by atoms with Gasteiger partial charge in [-0.2, -0.15) is 0 Å². The van der Waals surface area contributed by atoms with Crippen LogP contribution < -0.4 is 9.62 Å². The van der Waals surface area contributed by atoms with Gasteiger partial charge in [-0.1, -0.05) is 11.6 Å². The van der Waals surface area contributed by atoms with Gasteiger partial charge >= 0.3 is 0 Å². The van der Waals surface area contributed by atoms with E-state index in [0.29, 0.717) is 17.1 Å². The molecular formula is C19H20ClN3O3S. The minimum atomic E-state index is -3.33. The van der Waals surface area contributed by atoms with Crippen molar-refractivity contribution in [2.75, 3.05) is 10.7 Å². The first kappa shape index (κ1) is 18.4. The second-order valence-electron chi connectivity index (χ2n) is 6.89. The molecule has 142 valence electrons. The number of benzene rings is 1. The number of anilines is 1. The molecule has 2 aromatic rings. The zero-order chi connectivity index (χ0) is 19.2. The number of halogens is 1. The lowest BCUT2D eigenvalue weighted by Gasteiger charge is -2.29. The first-order valence-electron chi connectivity index (χ1n) is 8.96. The lowest BCUT2D eigenvalue weighted by atomic mass is 9.88. The zero-order valence-corrected chi connectivity index (χ0v) is 16.5. The van der Waals surface area contributed by atoms with E-state index < -0.39 is 10.0 Å². The maximum atomic E-state index is 12.9. The quantitative estimate of drug-likeness (QED) is 0.847. The van der Waals surface area contributed by atoms with Gasteiger partial charge in [-0.3, -0.25) is 9.78 Å². The van der Waals surface area contributed by atoms with Gasteiger partial charge in [0.05, 0.1) is 24.2 Å². The number of carbonyl (C=O) groups is 1. The molecular weight excluding hydrogens is 386 g/mol. The third kappa shape index (κ3) is 3.35. The third-order valence-electron chi connectivity index (χ3n) is 5.23. The van der Waals surface area contributed by atoms with Crippen LogP contribution in [0.5, 0.6) is 0 Å². The summed E-state index contributed by atoms with van der Waals surface area (Å²) in [6.07, 6.45) is 5.77. The number of aromatic nitrogens is 1. The van der Waals surface area contributed by atoms with Gasteiger partial charge < -0.3 is 4.90 Å². The molecule has 1 aliphatic carbocycles. The number of nitrogens with zero attached hydrogens (tertiary/aromatic N) is 2. The summed E-state index contributed by atoms with van der Waals surface area (Å²) in [5.41, 5.74) is 4.15. The molecule has 6 nitrogen and oxygen atoms in total. The van der Waals surface area contributed by atoms with Gasteiger partial charge in [-0.15, -0.1) is 0 Å². The van der Waals surface area contributed by atoms with Gasteiger partial charge in [-0.25, -0.2) is 13.1 Å². The molecule has 0 radical (unpaired) electrons. The highest BCUT2D eigenvalue weighted by Crippen LogP contribution is 2.38. The van der Waals surface area contributed by atoms with E-state index in [4.69, 9.17) is 11.6 Å². The van der Waals surface area contributed by atoms with Gasteiger partial charge in [0.2, 0.25) is 10.0 Å². The van der Waals surface area contributed by atoms with Crippen molar-refractivity contribution in [1.29, 1.82) is 0 Å². The average molecular weight is 406 g/mol. The van der Waals surface area contributed by atoms with Crippen molar-refractivity contribution < 1.29 is 13.2 Å². The summed E-state index contributed by atoms with van der Waals surface area (Å²) >= 11 is 6.07. The van der Waals surface area contributed by atoms with Crippen LogP contribution in [0.2, 0.25) is 5.02 Å². The van der Waals surface area contributed by atoms with Gasteiger partial charge in [0, 0.05) is 22.8 Å². The Morgan fingerprint density at radius 3 is 2.93 bits per heavy atom. The molecule has 1 atom stereocenters. The van der Waals surface area contributed by atoms with E-state index in [9.17, 15) is 13.2 Å². The number of nitrogens with one attached hydrogen (secondary N) is 1. The van der Waals surface area contributed by atoms with Crippen LogP contribution in [0.1, 0.15) is 52.9 Å². The van der Waals surface area contributed by atoms with Crippen molar-refractivity contribution in [3.05, 3.63) is 57.9 Å². The predicted octanol–water partition coefficient (Wildman–Crippen LogP) is 3.21. The molecule has 2 aliphatic rings. The zero-order valence-electron chi connectivity index (χ0n) is 14.9. The Morgan fingerprint density at radius 2 is 2.15 bits per heavy atom. The van der Waals surface area contributed by atoms with Crippen LogP contribution in [0.15, 0.2) is 30.6 Å². The molecule has 8 heteroatoms. The van der Waals surface area contributed by atoms with Crippen molar-refractivity contribution >= 4 is 33.2 Å². The van der Waals surface area contributed by atoms with Crippen molar-refractivity contribution in [3.63, 3.8) is 0 Å². The Bertz CT molecular complexity index is 1020. The molecule has 1 aliphatic heterocycles. The highest BCUT2D eigenvalue weighted by atomic mass is 35.5. The van der Waals surface area contributed by atoms with Crippen LogP contribution in [0, 0.1) is 0 Å². The topological polar surface area (TPSA) is 79.4 Å². The normalized spacial score (nSPS) is 19.1. The molecule has 0 bridgehead atoms. The molecule has 0 fully saturated rings. The molecule has 0 unspecified atom stereocenters. The molecule has 0 spiro atoms. The molecule has 27 heavy (non-hydrogen) atoms. The minimum absolute atomic E-state index is 0.0344. The Labute approximate surface area is 163 Å². The Hall–Kier alpha value is -1.96. The number of fused-ring (bicyclic) bond motifs is 2. The summed E-state index contributed by atoms with van der Waals surface area (Å²) in [6, 6.07) is 4.98. The van der Waals surface area contributed by atoms with Gasteiger partial charge in [0.25, 0.3) is 5.91 Å². The van der Waals surface area contributed by atoms with E-state index in [2.05, 4.69) is 9.71 Å². The van der Waals surface area contributed by atoms with Crippen LogP contribution in [0.4, 0.5) is 5.69 Å². The third-order valence-corrected chi connectivity index (χ3v) is 6.87. The average Bonchev–Trinajstić information content (AvgIpc) is 2.97. The molecule has 0 saturated carbocycles. The summed E-state index contributed by atoms with van der Waals surface area (Å²) < 4.78 is 26.9. The largest absolute Gasteiger partial charge is 0.302 e. The summed E-state index contributed by atoms with van der Waals surface area (Å²) in [6.45, 7) is 2.06. The van der Waals surface area contributed by atoms with Crippen molar-refractivity contribution in [2.24, 2.45) is 0 Å². The molecule has 1 amide bonds. The van der Waals surface area contributed by atoms with Crippen LogP contribution in [-0.4, -0.2) is 25.1 Å². The minimum Gasteiger partial charge on any atom is -0.302 e. The second kappa shape index (κ2) is 6.89. The number of sulfonamides is 1. The highest BCUT2D eigenvalue weighted by molar-refractivity contribution is 7.89. The first-order valence-corrected chi connectivity index (χ1v) is 11.0. The van der Waals surface area contributed by atoms with Crippen LogP contribution in [0.3, 0.4) is 0 Å². The standard InChI is InChI=1S/C19H20ClN3O3S/c1-2-27(25,26)22-17-5-3-4-15-16(17)9-21-10-18(15)23-11-12-8-13(20)6-7-14(12)19(23)24/h6-10,17,22H,2-5,11H2,1H3/t17-/m0/s1. The summed E-state index contributed by atoms with van der Waals surface area (Å²) in [4.78, 5) is 18.9. The Kier molecular flexibility index (Phi) is 4.70. The Morgan fingerprint density at radius 1 is 1.33 bits per heavy atom. The number of rotatable bonds is 4. The molecule has 1 N–H and O–H groups in total. The summed E-state index contributed by atoms with van der Waals surface area (Å²) in [5, 5.41) is 0.602. The second-order valence-corrected chi connectivity index (χ2v) is 9.36. The summed E-state index contributed by atoms with van der Waals surface area (Å²) in [5.74, 6) is -0.0414. The predicted molar refractivity (Wildman–Crippen MR) is 104 cm³/mol. The van der Waals surface area contributed by atoms with Gasteiger partial charge in [0.1, 0.15) is 0 Å².